The fraction of sp³-hybridized carbons (Fsp3) is 0.462. The van der Waals surface area contributed by atoms with Gasteiger partial charge in [0.15, 0.2) is 0 Å². The maximum Gasteiger partial charge on any atom is 0.228 e. The number of nitrogens with one attached hydrogen (secondary N) is 2. The van der Waals surface area contributed by atoms with Crippen LogP contribution in [0, 0.1) is 12.8 Å². The molecule has 1 atom stereocenters. The van der Waals surface area contributed by atoms with Gasteiger partial charge in [-0.25, -0.2) is 0 Å². The molecule has 5 heteroatoms. The molecule has 0 aliphatic carbocycles. The van der Waals surface area contributed by atoms with Gasteiger partial charge in [0.1, 0.15) is 0 Å². The number of carbonyl (C=O) groups excluding carboxylic acids is 1. The zero-order valence-corrected chi connectivity index (χ0v) is 12.7. The van der Waals surface area contributed by atoms with Gasteiger partial charge in [-0.15, -0.1) is 12.4 Å². The van der Waals surface area contributed by atoms with E-state index in [9.17, 15) is 4.79 Å². The highest BCUT2D eigenvalue weighted by Crippen LogP contribution is 2.24. The van der Waals surface area contributed by atoms with Crippen molar-refractivity contribution in [1.82, 2.24) is 5.32 Å². The Bertz CT molecular complexity index is 419. The highest BCUT2D eigenvalue weighted by Gasteiger charge is 2.21. The van der Waals surface area contributed by atoms with Gasteiger partial charge in [-0.3, -0.25) is 4.79 Å². The van der Waals surface area contributed by atoms with Crippen LogP contribution >= 0.6 is 28.3 Å². The number of carbonyl (C=O) groups is 1. The Hall–Kier alpha value is -0.580. The van der Waals surface area contributed by atoms with Crippen molar-refractivity contribution in [2.75, 3.05) is 18.4 Å². The van der Waals surface area contributed by atoms with Gasteiger partial charge < -0.3 is 10.6 Å². The first kappa shape index (κ1) is 15.5. The summed E-state index contributed by atoms with van der Waals surface area (Å²) >= 11 is 3.47. The van der Waals surface area contributed by atoms with Crippen molar-refractivity contribution < 1.29 is 4.79 Å². The van der Waals surface area contributed by atoms with Crippen LogP contribution < -0.4 is 10.6 Å². The van der Waals surface area contributed by atoms with E-state index in [1.807, 2.05) is 25.1 Å². The van der Waals surface area contributed by atoms with Gasteiger partial charge in [-0.1, -0.05) is 22.0 Å². The predicted molar refractivity (Wildman–Crippen MR) is 80.4 cm³/mol. The number of anilines is 1. The fourth-order valence-corrected chi connectivity index (χ4v) is 2.42. The van der Waals surface area contributed by atoms with Crippen molar-refractivity contribution >= 4 is 39.9 Å². The lowest BCUT2D eigenvalue weighted by Gasteiger charge is -2.22. The minimum absolute atomic E-state index is 0. The second-order valence-electron chi connectivity index (χ2n) is 4.44. The van der Waals surface area contributed by atoms with Crippen LogP contribution in [0.5, 0.6) is 0 Å². The van der Waals surface area contributed by atoms with E-state index < -0.39 is 0 Å². The summed E-state index contributed by atoms with van der Waals surface area (Å²) in [7, 11) is 0. The van der Waals surface area contributed by atoms with E-state index in [1.54, 1.807) is 0 Å². The normalized spacial score (nSPS) is 18.9. The van der Waals surface area contributed by atoms with E-state index in [4.69, 9.17) is 0 Å². The molecular weight excluding hydrogens is 316 g/mol. The van der Waals surface area contributed by atoms with E-state index in [1.165, 1.54) is 0 Å². The summed E-state index contributed by atoms with van der Waals surface area (Å²) in [5.74, 6) is 0.223. The third kappa shape index (κ3) is 3.70. The molecule has 2 N–H and O–H groups in total. The van der Waals surface area contributed by atoms with Crippen molar-refractivity contribution in [3.05, 3.63) is 28.2 Å². The van der Waals surface area contributed by atoms with Crippen molar-refractivity contribution in [3.63, 3.8) is 0 Å². The molecule has 0 aromatic heterocycles. The molecule has 0 saturated carbocycles. The van der Waals surface area contributed by atoms with Crippen LogP contribution in [0.1, 0.15) is 18.4 Å². The van der Waals surface area contributed by atoms with Crippen LogP contribution in [0.3, 0.4) is 0 Å². The van der Waals surface area contributed by atoms with Gasteiger partial charge in [0.2, 0.25) is 5.91 Å². The van der Waals surface area contributed by atoms with Gasteiger partial charge in [0, 0.05) is 16.7 Å². The lowest BCUT2D eigenvalue weighted by molar-refractivity contribution is -0.120. The van der Waals surface area contributed by atoms with Crippen LogP contribution in [0.15, 0.2) is 22.7 Å². The highest BCUT2D eigenvalue weighted by molar-refractivity contribution is 9.10. The van der Waals surface area contributed by atoms with Crippen LogP contribution in [0.2, 0.25) is 0 Å². The van der Waals surface area contributed by atoms with Gasteiger partial charge in [0.25, 0.3) is 0 Å². The Balaban J connectivity index is 0.00000162. The van der Waals surface area contributed by atoms with Gasteiger partial charge in [-0.2, -0.15) is 0 Å². The number of benzene rings is 1. The number of rotatable bonds is 2. The van der Waals surface area contributed by atoms with Crippen LogP contribution in [0.4, 0.5) is 5.69 Å². The average Bonchev–Trinajstić information content (AvgIpc) is 2.36. The molecule has 2 rings (SSSR count). The van der Waals surface area contributed by atoms with Gasteiger partial charge in [-0.05, 0) is 44.0 Å². The van der Waals surface area contributed by atoms with E-state index in [0.29, 0.717) is 0 Å². The summed E-state index contributed by atoms with van der Waals surface area (Å²) in [4.78, 5) is 12.1. The van der Waals surface area contributed by atoms with Crippen molar-refractivity contribution in [2.45, 2.75) is 19.8 Å². The fourth-order valence-electron chi connectivity index (χ4n) is 2.05. The Morgan fingerprint density at radius 2 is 2.28 bits per heavy atom. The van der Waals surface area contributed by atoms with Gasteiger partial charge >= 0.3 is 0 Å². The molecule has 3 nitrogen and oxygen atoms in total. The van der Waals surface area contributed by atoms with Crippen molar-refractivity contribution in [3.8, 4) is 0 Å². The number of hydrogen-bond donors (Lipinski definition) is 2. The Kier molecular flexibility index (Phi) is 6.12. The molecule has 1 aliphatic rings. The van der Waals surface area contributed by atoms with E-state index in [-0.39, 0.29) is 24.2 Å². The molecule has 1 aromatic carbocycles. The standard InChI is InChI=1S/C13H17BrN2O.ClH/c1-9-11(14)5-2-6-12(9)16-13(17)10-4-3-7-15-8-10;/h2,5-6,10,15H,3-4,7-8H2,1H3,(H,16,17);1H. The smallest absolute Gasteiger partial charge is 0.228 e. The molecule has 0 spiro atoms. The zero-order chi connectivity index (χ0) is 12.3. The summed E-state index contributed by atoms with van der Waals surface area (Å²) in [5, 5.41) is 6.27. The first-order chi connectivity index (χ1) is 8.18. The first-order valence-corrected chi connectivity index (χ1v) is 6.74. The molecule has 100 valence electrons. The Labute approximate surface area is 122 Å². The molecule has 1 unspecified atom stereocenters. The molecule has 1 amide bonds. The summed E-state index contributed by atoms with van der Waals surface area (Å²) in [6.07, 6.45) is 2.06. The molecule has 18 heavy (non-hydrogen) atoms. The maximum absolute atomic E-state index is 12.1. The summed E-state index contributed by atoms with van der Waals surface area (Å²) in [6, 6.07) is 5.85. The monoisotopic (exact) mass is 332 g/mol. The topological polar surface area (TPSA) is 41.1 Å². The second kappa shape index (κ2) is 7.12. The van der Waals surface area contributed by atoms with Crippen molar-refractivity contribution in [1.29, 1.82) is 0 Å². The van der Waals surface area contributed by atoms with E-state index in [2.05, 4.69) is 26.6 Å². The Morgan fingerprint density at radius 1 is 1.50 bits per heavy atom. The molecule has 1 fully saturated rings. The molecule has 0 radical (unpaired) electrons. The quantitative estimate of drug-likeness (QED) is 0.873. The second-order valence-corrected chi connectivity index (χ2v) is 5.30. The lowest BCUT2D eigenvalue weighted by atomic mass is 9.98. The minimum Gasteiger partial charge on any atom is -0.326 e. The molecule has 1 aliphatic heterocycles. The minimum atomic E-state index is 0. The van der Waals surface area contributed by atoms with Crippen LogP contribution in [-0.2, 0) is 4.79 Å². The molecule has 1 aromatic rings. The third-order valence-electron chi connectivity index (χ3n) is 3.19. The summed E-state index contributed by atoms with van der Waals surface area (Å²) in [5.41, 5.74) is 1.97. The molecule has 1 heterocycles. The van der Waals surface area contributed by atoms with E-state index in [0.717, 1.165) is 41.7 Å². The largest absolute Gasteiger partial charge is 0.326 e. The Morgan fingerprint density at radius 3 is 2.94 bits per heavy atom. The molecule has 1 saturated heterocycles. The first-order valence-electron chi connectivity index (χ1n) is 5.95. The van der Waals surface area contributed by atoms with Crippen molar-refractivity contribution in [2.24, 2.45) is 5.92 Å². The highest BCUT2D eigenvalue weighted by atomic mass is 79.9. The third-order valence-corrected chi connectivity index (χ3v) is 4.05. The maximum atomic E-state index is 12.1. The SMILES string of the molecule is Cc1c(Br)cccc1NC(=O)C1CCCNC1.Cl. The predicted octanol–water partition coefficient (Wildman–Crippen LogP) is 3.12. The van der Waals surface area contributed by atoms with Crippen LogP contribution in [0.25, 0.3) is 0 Å². The summed E-state index contributed by atoms with van der Waals surface area (Å²) < 4.78 is 1.03. The number of halogens is 2. The zero-order valence-electron chi connectivity index (χ0n) is 10.3. The van der Waals surface area contributed by atoms with Crippen LogP contribution in [-0.4, -0.2) is 19.0 Å². The summed E-state index contributed by atoms with van der Waals surface area (Å²) in [6.45, 7) is 3.82. The number of piperidine rings is 1. The van der Waals surface area contributed by atoms with E-state index >= 15 is 0 Å². The lowest BCUT2D eigenvalue weighted by Crippen LogP contribution is -2.37. The number of amides is 1. The number of hydrogen-bond acceptors (Lipinski definition) is 2. The average molecular weight is 334 g/mol. The molecular formula is C13H18BrClN2O. The molecule has 0 bridgehead atoms. The van der Waals surface area contributed by atoms with Gasteiger partial charge in [0.05, 0.1) is 5.92 Å².